The fraction of sp³-hybridized carbons (Fsp3) is 0.278. The molecule has 1 aliphatic rings. The van der Waals surface area contributed by atoms with Gasteiger partial charge in [-0.2, -0.15) is 0 Å². The van der Waals surface area contributed by atoms with Crippen molar-refractivity contribution >= 4 is 5.91 Å². The van der Waals surface area contributed by atoms with Gasteiger partial charge >= 0.3 is 0 Å². The van der Waals surface area contributed by atoms with Crippen LogP contribution in [0.5, 0.6) is 5.75 Å². The van der Waals surface area contributed by atoms with Crippen LogP contribution in [0.3, 0.4) is 0 Å². The molecule has 0 unspecified atom stereocenters. The average molecular weight is 332 g/mol. The summed E-state index contributed by atoms with van der Waals surface area (Å²) in [6, 6.07) is 9.01. The fourth-order valence-electron chi connectivity index (χ4n) is 2.81. The van der Waals surface area contributed by atoms with Gasteiger partial charge in [-0.3, -0.25) is 4.79 Å². The third kappa shape index (κ3) is 3.23. The van der Waals surface area contributed by atoms with Crippen LogP contribution in [0.2, 0.25) is 0 Å². The number of benzene rings is 2. The predicted molar refractivity (Wildman–Crippen MR) is 85.9 cm³/mol. The largest absolute Gasteiger partial charge is 0.490 e. The maximum atomic E-state index is 14.1. The van der Waals surface area contributed by atoms with Gasteiger partial charge in [-0.15, -0.1) is 0 Å². The van der Waals surface area contributed by atoms with Crippen LogP contribution in [0.15, 0.2) is 36.4 Å². The Balaban J connectivity index is 1.72. The zero-order valence-corrected chi connectivity index (χ0v) is 13.2. The Morgan fingerprint density at radius 1 is 1.17 bits per heavy atom. The molecule has 0 spiro atoms. The van der Waals surface area contributed by atoms with Crippen molar-refractivity contribution in [3.8, 4) is 5.75 Å². The molecule has 4 nitrogen and oxygen atoms in total. The molecule has 0 saturated heterocycles. The number of carbonyl (C=O) groups excluding carboxylic acids is 1. The quantitative estimate of drug-likeness (QED) is 0.905. The monoisotopic (exact) mass is 332 g/mol. The van der Waals surface area contributed by atoms with Crippen molar-refractivity contribution in [1.82, 2.24) is 10.6 Å². The van der Waals surface area contributed by atoms with E-state index in [1.54, 1.807) is 19.2 Å². The lowest BCUT2D eigenvalue weighted by atomic mass is 9.99. The van der Waals surface area contributed by atoms with Crippen molar-refractivity contribution in [3.63, 3.8) is 0 Å². The third-order valence-electron chi connectivity index (χ3n) is 4.09. The van der Waals surface area contributed by atoms with Gasteiger partial charge < -0.3 is 15.4 Å². The van der Waals surface area contributed by atoms with E-state index in [0.29, 0.717) is 25.1 Å². The highest BCUT2D eigenvalue weighted by Crippen LogP contribution is 2.36. The Labute approximate surface area is 138 Å². The lowest BCUT2D eigenvalue weighted by Gasteiger charge is -2.27. The number of amides is 1. The molecule has 0 saturated carbocycles. The van der Waals surface area contributed by atoms with E-state index >= 15 is 0 Å². The minimum absolute atomic E-state index is 0.00582. The summed E-state index contributed by atoms with van der Waals surface area (Å²) in [5, 5.41) is 5.80. The van der Waals surface area contributed by atoms with Gasteiger partial charge in [-0.1, -0.05) is 12.1 Å². The van der Waals surface area contributed by atoms with Crippen molar-refractivity contribution in [2.75, 3.05) is 13.7 Å². The number of carbonyl (C=O) groups is 1. The summed E-state index contributed by atoms with van der Waals surface area (Å²) >= 11 is 0. The van der Waals surface area contributed by atoms with Gasteiger partial charge in [-0.25, -0.2) is 8.78 Å². The highest BCUT2D eigenvalue weighted by atomic mass is 19.1. The topological polar surface area (TPSA) is 50.4 Å². The smallest absolute Gasteiger partial charge is 0.251 e. The second-order valence-corrected chi connectivity index (χ2v) is 5.62. The maximum absolute atomic E-state index is 14.1. The van der Waals surface area contributed by atoms with E-state index in [0.717, 1.165) is 17.7 Å². The summed E-state index contributed by atoms with van der Waals surface area (Å²) in [6.07, 6.45) is 0.559. The zero-order valence-electron chi connectivity index (χ0n) is 13.2. The molecule has 6 heteroatoms. The number of hydrogen-bond donors (Lipinski definition) is 2. The van der Waals surface area contributed by atoms with Crippen LogP contribution >= 0.6 is 0 Å². The predicted octanol–water partition coefficient (Wildman–Crippen LogP) is 2.94. The molecular formula is C18H18F2N2O2. The molecule has 1 amide bonds. The van der Waals surface area contributed by atoms with Crippen LogP contribution in [0.25, 0.3) is 0 Å². The molecule has 0 fully saturated rings. The maximum Gasteiger partial charge on any atom is 0.251 e. The van der Waals surface area contributed by atoms with E-state index in [9.17, 15) is 13.6 Å². The van der Waals surface area contributed by atoms with Gasteiger partial charge in [0.2, 0.25) is 0 Å². The molecule has 2 aromatic carbocycles. The molecule has 1 aliphatic heterocycles. The molecule has 1 heterocycles. The van der Waals surface area contributed by atoms with Crippen LogP contribution in [-0.4, -0.2) is 19.6 Å². The standard InChI is InChI=1S/C18H18F2N2O2/c1-21-18(23)12-4-2-11(3-5-12)10-22-15-8-9-24-17-14(20)7-6-13(19)16(15)17/h2-7,15,22H,8-10H2,1H3,(H,21,23)/t15-/m1/s1. The van der Waals surface area contributed by atoms with E-state index in [2.05, 4.69) is 10.6 Å². The van der Waals surface area contributed by atoms with E-state index in [1.807, 2.05) is 12.1 Å². The molecule has 126 valence electrons. The normalized spacial score (nSPS) is 16.2. The van der Waals surface area contributed by atoms with Crippen molar-refractivity contribution in [3.05, 3.63) is 64.7 Å². The first-order valence-electron chi connectivity index (χ1n) is 7.75. The Morgan fingerprint density at radius 2 is 1.88 bits per heavy atom. The zero-order chi connectivity index (χ0) is 17.1. The summed E-state index contributed by atoms with van der Waals surface area (Å²) in [6.45, 7) is 0.814. The number of ether oxygens (including phenoxy) is 1. The van der Waals surface area contributed by atoms with Crippen LogP contribution in [0.1, 0.15) is 33.9 Å². The van der Waals surface area contributed by atoms with Crippen molar-refractivity contribution in [2.24, 2.45) is 0 Å². The van der Waals surface area contributed by atoms with Crippen LogP contribution in [-0.2, 0) is 6.54 Å². The van der Waals surface area contributed by atoms with Crippen molar-refractivity contribution in [1.29, 1.82) is 0 Å². The molecule has 3 rings (SSSR count). The summed E-state index contributed by atoms with van der Waals surface area (Å²) in [5.74, 6) is -1.18. The number of rotatable bonds is 4. The van der Waals surface area contributed by atoms with Gasteiger partial charge in [0.05, 0.1) is 6.61 Å². The average Bonchev–Trinajstić information content (AvgIpc) is 2.62. The number of halogens is 2. The SMILES string of the molecule is CNC(=O)c1ccc(CN[C@@H]2CCOc3c(F)ccc(F)c32)cc1. The minimum atomic E-state index is -0.548. The molecule has 0 aromatic heterocycles. The van der Waals surface area contributed by atoms with E-state index < -0.39 is 11.6 Å². The third-order valence-corrected chi connectivity index (χ3v) is 4.09. The Morgan fingerprint density at radius 3 is 2.58 bits per heavy atom. The Kier molecular flexibility index (Phi) is 4.76. The molecule has 0 bridgehead atoms. The van der Waals surface area contributed by atoms with Gasteiger partial charge in [0.25, 0.3) is 5.91 Å². The second-order valence-electron chi connectivity index (χ2n) is 5.62. The van der Waals surface area contributed by atoms with Gasteiger partial charge in [0, 0.05) is 37.2 Å². The van der Waals surface area contributed by atoms with Crippen molar-refractivity contribution < 1.29 is 18.3 Å². The first kappa shape index (κ1) is 16.4. The van der Waals surface area contributed by atoms with Crippen LogP contribution in [0.4, 0.5) is 8.78 Å². The summed E-state index contributed by atoms with van der Waals surface area (Å²) < 4.78 is 33.1. The second kappa shape index (κ2) is 6.97. The van der Waals surface area contributed by atoms with E-state index in [4.69, 9.17) is 4.74 Å². The summed E-state index contributed by atoms with van der Waals surface area (Å²) in [4.78, 5) is 11.5. The molecule has 2 N–H and O–H groups in total. The molecule has 0 aliphatic carbocycles. The van der Waals surface area contributed by atoms with Crippen LogP contribution < -0.4 is 15.4 Å². The summed E-state index contributed by atoms with van der Waals surface area (Å²) in [7, 11) is 1.58. The van der Waals surface area contributed by atoms with Crippen molar-refractivity contribution in [2.45, 2.75) is 19.0 Å². The number of nitrogens with one attached hydrogen (secondary N) is 2. The Bertz CT molecular complexity index is 747. The summed E-state index contributed by atoms with van der Waals surface area (Å²) in [5.41, 5.74) is 1.77. The lowest BCUT2D eigenvalue weighted by Crippen LogP contribution is -2.28. The number of hydrogen-bond acceptors (Lipinski definition) is 3. The first-order valence-corrected chi connectivity index (χ1v) is 7.75. The van der Waals surface area contributed by atoms with Gasteiger partial charge in [0.1, 0.15) is 5.82 Å². The first-order chi connectivity index (χ1) is 11.6. The van der Waals surface area contributed by atoms with E-state index in [1.165, 1.54) is 0 Å². The van der Waals surface area contributed by atoms with Crippen LogP contribution in [0, 0.1) is 11.6 Å². The number of fused-ring (bicyclic) bond motifs is 1. The molecule has 2 aromatic rings. The fourth-order valence-corrected chi connectivity index (χ4v) is 2.81. The van der Waals surface area contributed by atoms with E-state index in [-0.39, 0.29) is 23.3 Å². The molecule has 0 radical (unpaired) electrons. The molecule has 24 heavy (non-hydrogen) atoms. The lowest BCUT2D eigenvalue weighted by molar-refractivity contribution is 0.0963. The van der Waals surface area contributed by atoms with Gasteiger partial charge in [0.15, 0.2) is 11.6 Å². The highest BCUT2D eigenvalue weighted by molar-refractivity contribution is 5.93. The molecule has 1 atom stereocenters. The van der Waals surface area contributed by atoms with Gasteiger partial charge in [-0.05, 0) is 29.8 Å². The highest BCUT2D eigenvalue weighted by Gasteiger charge is 2.27. The Hall–Kier alpha value is -2.47. The minimum Gasteiger partial charge on any atom is -0.490 e. The molecular weight excluding hydrogens is 314 g/mol.